The van der Waals surface area contributed by atoms with Gasteiger partial charge in [-0.05, 0) is 51.4 Å². The number of rotatable bonds is 5. The summed E-state index contributed by atoms with van der Waals surface area (Å²) in [6, 6.07) is -0.564. The predicted octanol–water partition coefficient (Wildman–Crippen LogP) is -0.624. The fourth-order valence-corrected chi connectivity index (χ4v) is 4.48. The molecule has 3 aliphatic rings. The summed E-state index contributed by atoms with van der Waals surface area (Å²) < 4.78 is 5.08. The van der Waals surface area contributed by atoms with E-state index in [1.165, 1.54) is 0 Å². The molecule has 2 atom stereocenters. The summed E-state index contributed by atoms with van der Waals surface area (Å²) in [5, 5.41) is 3.63. The van der Waals surface area contributed by atoms with E-state index in [0.717, 1.165) is 42.1 Å². The minimum absolute atomic E-state index is 0.108. The SMILES string of the molecule is CCOC(=O)[C@H]1CCC[NH+](CC(=O)NN2C(=O)NC3(CCC(C)CC3)C2=O)C1. The molecule has 0 bridgehead atoms. The van der Waals surface area contributed by atoms with Crippen molar-refractivity contribution in [1.82, 2.24) is 15.8 Å². The second kappa shape index (κ2) is 8.46. The lowest BCUT2D eigenvalue weighted by atomic mass is 9.77. The summed E-state index contributed by atoms with van der Waals surface area (Å²) in [6.45, 7) is 5.66. The Morgan fingerprint density at radius 2 is 2.00 bits per heavy atom. The van der Waals surface area contributed by atoms with Gasteiger partial charge in [0.15, 0.2) is 6.54 Å². The molecule has 156 valence electrons. The Bertz CT molecular complexity index is 644. The molecule has 9 nitrogen and oxygen atoms in total. The molecule has 0 aromatic heterocycles. The number of hydrazine groups is 1. The molecule has 0 radical (unpaired) electrons. The number of amides is 4. The average Bonchev–Trinajstić information content (AvgIpc) is 2.89. The quantitative estimate of drug-likeness (QED) is 0.425. The minimum atomic E-state index is -0.871. The van der Waals surface area contributed by atoms with Gasteiger partial charge in [0.25, 0.3) is 11.8 Å². The van der Waals surface area contributed by atoms with E-state index in [1.807, 2.05) is 0 Å². The van der Waals surface area contributed by atoms with Crippen LogP contribution in [0.15, 0.2) is 0 Å². The third kappa shape index (κ3) is 4.29. The van der Waals surface area contributed by atoms with Crippen LogP contribution in [0.2, 0.25) is 0 Å². The number of imide groups is 1. The summed E-state index contributed by atoms with van der Waals surface area (Å²) in [5.41, 5.74) is 1.60. The molecular formula is C19H31N4O5+. The first-order chi connectivity index (χ1) is 13.3. The Morgan fingerprint density at radius 3 is 2.68 bits per heavy atom. The van der Waals surface area contributed by atoms with Crippen LogP contribution in [-0.2, 0) is 19.1 Å². The number of carbonyl (C=O) groups excluding carboxylic acids is 4. The second-order valence-electron chi connectivity index (χ2n) is 8.34. The van der Waals surface area contributed by atoms with E-state index >= 15 is 0 Å². The van der Waals surface area contributed by atoms with E-state index in [9.17, 15) is 19.2 Å². The minimum Gasteiger partial charge on any atom is -0.466 e. The highest BCUT2D eigenvalue weighted by Crippen LogP contribution is 2.35. The van der Waals surface area contributed by atoms with Crippen molar-refractivity contribution in [1.29, 1.82) is 0 Å². The fraction of sp³-hybridized carbons (Fsp3) is 0.789. The molecule has 28 heavy (non-hydrogen) atoms. The van der Waals surface area contributed by atoms with Crippen LogP contribution in [0.25, 0.3) is 0 Å². The Morgan fingerprint density at radius 1 is 1.29 bits per heavy atom. The van der Waals surface area contributed by atoms with E-state index in [4.69, 9.17) is 4.74 Å². The van der Waals surface area contributed by atoms with E-state index in [2.05, 4.69) is 17.7 Å². The third-order valence-corrected chi connectivity index (χ3v) is 6.17. The monoisotopic (exact) mass is 395 g/mol. The molecule has 0 aromatic rings. The van der Waals surface area contributed by atoms with Crippen molar-refractivity contribution < 1.29 is 28.8 Å². The van der Waals surface area contributed by atoms with Crippen LogP contribution in [0, 0.1) is 11.8 Å². The number of likely N-dealkylation sites (tertiary alicyclic amines) is 1. The van der Waals surface area contributed by atoms with Crippen molar-refractivity contribution in [3.05, 3.63) is 0 Å². The summed E-state index contributed by atoms with van der Waals surface area (Å²) in [7, 11) is 0. The first-order valence-electron chi connectivity index (χ1n) is 10.3. The number of nitrogens with one attached hydrogen (secondary N) is 3. The van der Waals surface area contributed by atoms with Crippen LogP contribution in [0.3, 0.4) is 0 Å². The number of carbonyl (C=O) groups is 4. The summed E-state index contributed by atoms with van der Waals surface area (Å²) in [4.78, 5) is 50.5. The molecule has 0 aromatic carbocycles. The smallest absolute Gasteiger partial charge is 0.344 e. The number of hydrogen-bond donors (Lipinski definition) is 3. The topological polar surface area (TPSA) is 109 Å². The molecule has 1 unspecified atom stereocenters. The van der Waals surface area contributed by atoms with Crippen LogP contribution < -0.4 is 15.6 Å². The highest BCUT2D eigenvalue weighted by molar-refractivity contribution is 6.08. The molecule has 3 N–H and O–H groups in total. The highest BCUT2D eigenvalue weighted by Gasteiger charge is 2.53. The zero-order valence-electron chi connectivity index (χ0n) is 16.7. The largest absolute Gasteiger partial charge is 0.466 e. The maximum Gasteiger partial charge on any atom is 0.344 e. The summed E-state index contributed by atoms with van der Waals surface area (Å²) >= 11 is 0. The fourth-order valence-electron chi connectivity index (χ4n) is 4.48. The maximum atomic E-state index is 12.8. The van der Waals surface area contributed by atoms with Gasteiger partial charge >= 0.3 is 12.0 Å². The van der Waals surface area contributed by atoms with Gasteiger partial charge in [0, 0.05) is 0 Å². The van der Waals surface area contributed by atoms with E-state index < -0.39 is 17.5 Å². The lowest BCUT2D eigenvalue weighted by molar-refractivity contribution is -0.899. The number of quaternary nitrogens is 1. The summed E-state index contributed by atoms with van der Waals surface area (Å²) in [6.07, 6.45) is 4.55. The average molecular weight is 395 g/mol. The first-order valence-corrected chi connectivity index (χ1v) is 10.3. The third-order valence-electron chi connectivity index (χ3n) is 6.17. The molecule has 3 fully saturated rings. The molecule has 9 heteroatoms. The van der Waals surface area contributed by atoms with Crippen molar-refractivity contribution in [2.75, 3.05) is 26.2 Å². The molecule has 2 aliphatic heterocycles. The standard InChI is InChI=1S/C19H30N4O5/c1-3-28-16(25)14-5-4-10-22(11-14)12-15(24)21-23-17(26)19(20-18(23)27)8-6-13(2)7-9-19/h13-14H,3-12H2,1-2H3,(H,20,27)(H,21,24)/p+1/t13?,14-,19?/m0/s1. The Hall–Kier alpha value is -2.16. The van der Waals surface area contributed by atoms with Gasteiger partial charge in [0.1, 0.15) is 11.5 Å². The zero-order valence-corrected chi connectivity index (χ0v) is 16.7. The van der Waals surface area contributed by atoms with Gasteiger partial charge in [0.2, 0.25) is 0 Å². The number of hydrogen-bond acceptors (Lipinski definition) is 5. The van der Waals surface area contributed by atoms with Crippen molar-refractivity contribution >= 4 is 23.8 Å². The molecule has 3 rings (SSSR count). The Balaban J connectivity index is 1.54. The lowest BCUT2D eigenvalue weighted by Crippen LogP contribution is -3.15. The van der Waals surface area contributed by atoms with Gasteiger partial charge in [-0.25, -0.2) is 4.79 Å². The Labute approximate surface area is 165 Å². The van der Waals surface area contributed by atoms with Gasteiger partial charge in [0.05, 0.1) is 19.7 Å². The van der Waals surface area contributed by atoms with Gasteiger partial charge in [-0.1, -0.05) is 6.92 Å². The second-order valence-corrected chi connectivity index (χ2v) is 8.34. The molecule has 2 saturated heterocycles. The van der Waals surface area contributed by atoms with Crippen molar-refractivity contribution in [3.8, 4) is 0 Å². The molecule has 4 amide bonds. The number of piperidine rings is 1. The molecular weight excluding hydrogens is 364 g/mol. The van der Waals surface area contributed by atoms with Crippen molar-refractivity contribution in [3.63, 3.8) is 0 Å². The van der Waals surface area contributed by atoms with Crippen molar-refractivity contribution in [2.24, 2.45) is 11.8 Å². The van der Waals surface area contributed by atoms with E-state index in [-0.39, 0.29) is 24.3 Å². The molecule has 1 aliphatic carbocycles. The molecule has 1 spiro atoms. The zero-order chi connectivity index (χ0) is 20.3. The van der Waals surface area contributed by atoms with Crippen LogP contribution in [0.5, 0.6) is 0 Å². The van der Waals surface area contributed by atoms with Crippen LogP contribution >= 0.6 is 0 Å². The van der Waals surface area contributed by atoms with Crippen LogP contribution in [0.1, 0.15) is 52.4 Å². The van der Waals surface area contributed by atoms with Crippen molar-refractivity contribution in [2.45, 2.75) is 57.9 Å². The van der Waals surface area contributed by atoms with E-state index in [1.54, 1.807) is 6.92 Å². The van der Waals surface area contributed by atoms with Gasteiger partial charge < -0.3 is 15.0 Å². The van der Waals surface area contributed by atoms with Gasteiger partial charge in [-0.2, -0.15) is 5.01 Å². The normalized spacial score (nSPS) is 32.9. The lowest BCUT2D eigenvalue weighted by Gasteiger charge is -2.33. The van der Waals surface area contributed by atoms with E-state index in [0.29, 0.717) is 31.9 Å². The number of nitrogens with zero attached hydrogens (tertiary/aromatic N) is 1. The van der Waals surface area contributed by atoms with Crippen LogP contribution in [0.4, 0.5) is 4.79 Å². The molecule has 1 saturated carbocycles. The van der Waals surface area contributed by atoms with Crippen LogP contribution in [-0.4, -0.2) is 60.6 Å². The highest BCUT2D eigenvalue weighted by atomic mass is 16.5. The predicted molar refractivity (Wildman–Crippen MR) is 98.8 cm³/mol. The maximum absolute atomic E-state index is 12.8. The van der Waals surface area contributed by atoms with Gasteiger partial charge in [-0.15, -0.1) is 0 Å². The number of esters is 1. The number of ether oxygens (including phenoxy) is 1. The summed E-state index contributed by atoms with van der Waals surface area (Å²) in [5.74, 6) is -0.655. The Kier molecular flexibility index (Phi) is 6.22. The molecule has 2 heterocycles. The first kappa shape index (κ1) is 20.6. The number of urea groups is 1. The van der Waals surface area contributed by atoms with Gasteiger partial charge in [-0.3, -0.25) is 19.8 Å².